The van der Waals surface area contributed by atoms with Crippen LogP contribution in [-0.2, 0) is 34.6 Å². The van der Waals surface area contributed by atoms with E-state index in [-0.39, 0.29) is 18.9 Å². The smallest absolute Gasteiger partial charge is 0.241 e. The van der Waals surface area contributed by atoms with Gasteiger partial charge in [0.05, 0.1) is 11.9 Å². The van der Waals surface area contributed by atoms with Crippen LogP contribution in [0, 0.1) is 5.82 Å². The number of carbonyl (C=O) groups excluding carboxylic acids is 1. The maximum atomic E-state index is 13.0. The minimum atomic E-state index is -3.71. The lowest BCUT2D eigenvalue weighted by Crippen LogP contribution is -2.40. The van der Waals surface area contributed by atoms with Gasteiger partial charge in [-0.2, -0.15) is 0 Å². The van der Waals surface area contributed by atoms with E-state index in [1.165, 1.54) is 12.1 Å². The Morgan fingerprint density at radius 2 is 1.26 bits per heavy atom. The minimum absolute atomic E-state index is 0.223. The number of hydrogen-bond donors (Lipinski definition) is 1. The van der Waals surface area contributed by atoms with E-state index in [1.54, 1.807) is 48.5 Å². The molecule has 0 fully saturated rings. The van der Waals surface area contributed by atoms with Gasteiger partial charge < -0.3 is 14.8 Å². The van der Waals surface area contributed by atoms with Gasteiger partial charge in [0.2, 0.25) is 15.9 Å². The Morgan fingerprint density at radius 1 is 0.744 bits per heavy atom. The van der Waals surface area contributed by atoms with Gasteiger partial charge in [-0.15, -0.1) is 0 Å². The second-order valence-corrected chi connectivity index (χ2v) is 10.8. The van der Waals surface area contributed by atoms with E-state index in [0.29, 0.717) is 30.4 Å². The average molecular weight is 549 g/mol. The highest BCUT2D eigenvalue weighted by atomic mass is 32.2. The number of anilines is 1. The lowest BCUT2D eigenvalue weighted by Gasteiger charge is -2.22. The Kier molecular flexibility index (Phi) is 9.17. The number of sulfonamides is 1. The van der Waals surface area contributed by atoms with Crippen LogP contribution in [-0.4, -0.2) is 27.1 Å². The van der Waals surface area contributed by atoms with Gasteiger partial charge in [-0.25, -0.2) is 12.8 Å². The standard InChI is InChI=1S/C30H29FN2O5S/c1-39(35,36)33(27-13-17-29(18-14-27)37-21-24-5-3-2-4-6-24)20-30(34)32-19-23-9-15-28(16-10-23)38-22-25-7-11-26(31)12-8-25/h2-18H,19-22H2,1H3,(H,32,34). The van der Waals surface area contributed by atoms with Crippen molar-refractivity contribution in [3.63, 3.8) is 0 Å². The third-order valence-corrected chi connectivity index (χ3v) is 6.93. The number of hydrogen-bond acceptors (Lipinski definition) is 5. The van der Waals surface area contributed by atoms with Gasteiger partial charge in [0, 0.05) is 6.54 Å². The Morgan fingerprint density at radius 3 is 1.82 bits per heavy atom. The fourth-order valence-electron chi connectivity index (χ4n) is 3.69. The summed E-state index contributed by atoms with van der Waals surface area (Å²) >= 11 is 0. The summed E-state index contributed by atoms with van der Waals surface area (Å²) in [6, 6.07) is 29.5. The predicted octanol–water partition coefficient (Wildman–Crippen LogP) is 5.07. The third kappa shape index (κ3) is 8.58. The van der Waals surface area contributed by atoms with Crippen molar-refractivity contribution in [2.75, 3.05) is 17.1 Å². The molecule has 39 heavy (non-hydrogen) atoms. The molecule has 4 rings (SSSR count). The maximum Gasteiger partial charge on any atom is 0.241 e. The van der Waals surface area contributed by atoms with Gasteiger partial charge in [0.1, 0.15) is 37.1 Å². The molecule has 0 aliphatic carbocycles. The molecule has 0 bridgehead atoms. The number of carbonyl (C=O) groups is 1. The van der Waals surface area contributed by atoms with E-state index in [0.717, 1.165) is 27.3 Å². The predicted molar refractivity (Wildman–Crippen MR) is 148 cm³/mol. The number of nitrogens with zero attached hydrogens (tertiary/aromatic N) is 1. The molecule has 0 spiro atoms. The van der Waals surface area contributed by atoms with Gasteiger partial charge in [0.25, 0.3) is 0 Å². The van der Waals surface area contributed by atoms with Crippen molar-refractivity contribution in [3.8, 4) is 11.5 Å². The van der Waals surface area contributed by atoms with E-state index >= 15 is 0 Å². The summed E-state index contributed by atoms with van der Waals surface area (Å²) in [5.74, 6) is 0.479. The minimum Gasteiger partial charge on any atom is -0.489 e. The second-order valence-electron chi connectivity index (χ2n) is 8.87. The molecule has 0 aliphatic rings. The van der Waals surface area contributed by atoms with Gasteiger partial charge >= 0.3 is 0 Å². The Bertz CT molecular complexity index is 1460. The largest absolute Gasteiger partial charge is 0.489 e. The van der Waals surface area contributed by atoms with Crippen LogP contribution in [0.25, 0.3) is 0 Å². The van der Waals surface area contributed by atoms with Crippen molar-refractivity contribution < 1.29 is 27.1 Å². The Labute approximate surface area is 227 Å². The monoisotopic (exact) mass is 548 g/mol. The zero-order chi connectivity index (χ0) is 27.7. The molecule has 4 aromatic rings. The quantitative estimate of drug-likeness (QED) is 0.267. The van der Waals surface area contributed by atoms with Gasteiger partial charge in [-0.3, -0.25) is 9.10 Å². The molecule has 0 atom stereocenters. The first-order valence-electron chi connectivity index (χ1n) is 12.2. The van der Waals surface area contributed by atoms with Crippen LogP contribution in [0.2, 0.25) is 0 Å². The summed E-state index contributed by atoms with van der Waals surface area (Å²) in [4.78, 5) is 12.6. The van der Waals surface area contributed by atoms with Crippen LogP contribution in [0.15, 0.2) is 103 Å². The van der Waals surface area contributed by atoms with Crippen molar-refractivity contribution in [1.82, 2.24) is 5.32 Å². The number of halogens is 1. The third-order valence-electron chi connectivity index (χ3n) is 5.79. The van der Waals surface area contributed by atoms with Crippen molar-refractivity contribution in [1.29, 1.82) is 0 Å². The van der Waals surface area contributed by atoms with Crippen molar-refractivity contribution in [2.45, 2.75) is 19.8 Å². The van der Waals surface area contributed by atoms with Crippen LogP contribution >= 0.6 is 0 Å². The average Bonchev–Trinajstić information content (AvgIpc) is 2.94. The topological polar surface area (TPSA) is 84.9 Å². The summed E-state index contributed by atoms with van der Waals surface area (Å²) < 4.78 is 50.4. The lowest BCUT2D eigenvalue weighted by atomic mass is 10.2. The number of rotatable bonds is 12. The summed E-state index contributed by atoms with van der Waals surface area (Å²) in [5.41, 5.74) is 3.05. The van der Waals surface area contributed by atoms with Crippen molar-refractivity contribution in [2.24, 2.45) is 0 Å². The lowest BCUT2D eigenvalue weighted by molar-refractivity contribution is -0.119. The van der Waals surface area contributed by atoms with E-state index in [1.807, 2.05) is 42.5 Å². The SMILES string of the molecule is CS(=O)(=O)N(CC(=O)NCc1ccc(OCc2ccc(F)cc2)cc1)c1ccc(OCc2ccccc2)cc1. The number of nitrogens with one attached hydrogen (secondary N) is 1. The number of benzene rings is 4. The van der Waals surface area contributed by atoms with Crippen LogP contribution in [0.5, 0.6) is 11.5 Å². The zero-order valence-corrected chi connectivity index (χ0v) is 22.2. The molecule has 0 aromatic heterocycles. The highest BCUT2D eigenvalue weighted by Gasteiger charge is 2.21. The molecule has 0 heterocycles. The maximum absolute atomic E-state index is 13.0. The van der Waals surface area contributed by atoms with E-state index in [4.69, 9.17) is 9.47 Å². The molecule has 4 aromatic carbocycles. The van der Waals surface area contributed by atoms with E-state index in [9.17, 15) is 17.6 Å². The molecule has 0 saturated carbocycles. The summed E-state index contributed by atoms with van der Waals surface area (Å²) in [6.07, 6.45) is 1.06. The molecule has 0 aliphatic heterocycles. The first-order chi connectivity index (χ1) is 18.8. The van der Waals surface area contributed by atoms with E-state index < -0.39 is 15.9 Å². The molecule has 7 nitrogen and oxygen atoms in total. The van der Waals surface area contributed by atoms with Crippen molar-refractivity contribution >= 4 is 21.6 Å². The normalized spacial score (nSPS) is 11.0. The van der Waals surface area contributed by atoms with Gasteiger partial charge in [0.15, 0.2) is 0 Å². The fourth-order valence-corrected chi connectivity index (χ4v) is 4.54. The molecular formula is C30H29FN2O5S. The Hall–Kier alpha value is -4.37. The first-order valence-corrected chi connectivity index (χ1v) is 14.1. The van der Waals surface area contributed by atoms with Crippen LogP contribution < -0.4 is 19.1 Å². The highest BCUT2D eigenvalue weighted by molar-refractivity contribution is 7.92. The Balaban J connectivity index is 1.28. The van der Waals surface area contributed by atoms with Crippen LogP contribution in [0.1, 0.15) is 16.7 Å². The van der Waals surface area contributed by atoms with Gasteiger partial charge in [-0.05, 0) is 65.2 Å². The molecule has 202 valence electrons. The molecular weight excluding hydrogens is 519 g/mol. The molecule has 0 radical (unpaired) electrons. The molecule has 9 heteroatoms. The fraction of sp³-hybridized carbons (Fsp3) is 0.167. The van der Waals surface area contributed by atoms with Crippen LogP contribution in [0.4, 0.5) is 10.1 Å². The first kappa shape index (κ1) is 27.7. The van der Waals surface area contributed by atoms with Crippen molar-refractivity contribution in [3.05, 3.63) is 126 Å². The highest BCUT2D eigenvalue weighted by Crippen LogP contribution is 2.22. The summed E-state index contributed by atoms with van der Waals surface area (Å²) in [6.45, 7) is 0.556. The summed E-state index contributed by atoms with van der Waals surface area (Å²) in [5, 5.41) is 2.76. The molecule has 0 unspecified atom stereocenters. The zero-order valence-electron chi connectivity index (χ0n) is 21.4. The van der Waals surface area contributed by atoms with E-state index in [2.05, 4.69) is 5.32 Å². The van der Waals surface area contributed by atoms with Crippen LogP contribution in [0.3, 0.4) is 0 Å². The number of amides is 1. The summed E-state index contributed by atoms with van der Waals surface area (Å²) in [7, 11) is -3.71. The molecule has 0 saturated heterocycles. The second kappa shape index (κ2) is 12.9. The molecule has 1 N–H and O–H groups in total. The molecule has 1 amide bonds. The van der Waals surface area contributed by atoms with Gasteiger partial charge in [-0.1, -0.05) is 54.6 Å². The number of ether oxygens (including phenoxy) is 2.